The van der Waals surface area contributed by atoms with Gasteiger partial charge in [0.2, 0.25) is 0 Å². The fourth-order valence-corrected chi connectivity index (χ4v) is 0.107. The molecule has 0 aromatic carbocycles. The van der Waals surface area contributed by atoms with Crippen LogP contribution in [0.2, 0.25) is 0 Å². The molecule has 0 saturated heterocycles. The van der Waals surface area contributed by atoms with Crippen LogP contribution < -0.4 is 4.70 Å². The first-order chi connectivity index (χ1) is 4.19. The van der Waals surface area contributed by atoms with Gasteiger partial charge >= 0.3 is 29.2 Å². The Hall–Kier alpha value is 0.206. The number of hydrogen-bond donors (Lipinski definition) is 0. The molecule has 0 N–H and O–H groups in total. The third-order valence-electron chi connectivity index (χ3n) is 0.593. The Morgan fingerprint density at radius 1 is 0.833 bits per heavy atom. The van der Waals surface area contributed by atoms with E-state index < -0.39 is 18.5 Å². The molecule has 0 amide bonds. The normalized spacial score (nSPS) is 12.0. The minimum Gasteiger partial charge on any atom is -1.00 e. The smallest absolute Gasteiger partial charge is 1.00 e. The molecular formula is C3F8Mg. The molecule has 0 aliphatic carbocycles. The van der Waals surface area contributed by atoms with E-state index in [9.17, 15) is 30.7 Å². The van der Waals surface area contributed by atoms with Crippen molar-refractivity contribution in [2.75, 3.05) is 0 Å². The van der Waals surface area contributed by atoms with E-state index in [1.807, 2.05) is 0 Å². The van der Waals surface area contributed by atoms with Crippen molar-refractivity contribution in [3.63, 3.8) is 0 Å². The summed E-state index contributed by atoms with van der Waals surface area (Å²) in [6.45, 7) is 0. The van der Waals surface area contributed by atoms with Crippen LogP contribution in [-0.4, -0.2) is 35.2 Å². The van der Waals surface area contributed by atoms with E-state index in [0.29, 0.717) is 0 Å². The second-order valence-electron chi connectivity index (χ2n) is 1.33. The van der Waals surface area contributed by atoms with E-state index in [-0.39, 0.29) is 27.8 Å². The van der Waals surface area contributed by atoms with Gasteiger partial charge in [0.15, 0.2) is 0 Å². The zero-order valence-corrected chi connectivity index (χ0v) is 6.65. The quantitative estimate of drug-likeness (QED) is 0.304. The van der Waals surface area contributed by atoms with Crippen LogP contribution in [0.4, 0.5) is 30.7 Å². The monoisotopic (exact) mass is 212 g/mol. The third kappa shape index (κ3) is 3.74. The maximum atomic E-state index is 11.1. The van der Waals surface area contributed by atoms with Crippen LogP contribution >= 0.6 is 0 Å². The predicted molar refractivity (Wildman–Crippen MR) is 22.2 cm³/mol. The SMILES string of the molecule is F[C-](F)C(F)(F)C(F)(F)F.[F-].[Mg+2]. The van der Waals surface area contributed by atoms with Gasteiger partial charge in [0.25, 0.3) is 5.92 Å². The number of hydrogen-bond acceptors (Lipinski definition) is 0. The van der Waals surface area contributed by atoms with Crippen molar-refractivity contribution in [1.29, 1.82) is 0 Å². The fraction of sp³-hybridized carbons (Fsp3) is 0.667. The maximum Gasteiger partial charge on any atom is 2.00 e. The largest absolute Gasteiger partial charge is 2.00 e. The summed E-state index contributed by atoms with van der Waals surface area (Å²) in [5.41, 5.74) is 0. The first kappa shape index (κ1) is 18.1. The van der Waals surface area contributed by atoms with E-state index in [4.69, 9.17) is 0 Å². The van der Waals surface area contributed by atoms with Gasteiger partial charge in [-0.05, 0) is 0 Å². The molecule has 0 atom stereocenters. The van der Waals surface area contributed by atoms with Crippen molar-refractivity contribution in [2.45, 2.75) is 12.1 Å². The van der Waals surface area contributed by atoms with Gasteiger partial charge in [0.1, 0.15) is 0 Å². The maximum absolute atomic E-state index is 11.1. The second-order valence-corrected chi connectivity index (χ2v) is 1.33. The van der Waals surface area contributed by atoms with Crippen molar-refractivity contribution in [3.8, 4) is 0 Å². The van der Waals surface area contributed by atoms with Crippen LogP contribution in [0.15, 0.2) is 0 Å². The molecule has 0 nitrogen and oxygen atoms in total. The average molecular weight is 212 g/mol. The molecule has 0 aliphatic rings. The summed E-state index contributed by atoms with van der Waals surface area (Å²) in [5.74, 6) is -5.98. The Bertz CT molecular complexity index is 116. The molecule has 0 rings (SSSR count). The molecule has 9 heteroatoms. The third-order valence-corrected chi connectivity index (χ3v) is 0.593. The van der Waals surface area contributed by atoms with Crippen molar-refractivity contribution in [3.05, 3.63) is 6.43 Å². The molecule has 0 aliphatic heterocycles. The van der Waals surface area contributed by atoms with Gasteiger partial charge in [-0.25, -0.2) is 8.78 Å². The van der Waals surface area contributed by atoms with Crippen molar-refractivity contribution in [1.82, 2.24) is 0 Å². The van der Waals surface area contributed by atoms with Gasteiger partial charge in [0.05, 0.1) is 6.43 Å². The van der Waals surface area contributed by atoms with Gasteiger partial charge in [-0.2, -0.15) is 13.2 Å². The fourth-order valence-electron chi connectivity index (χ4n) is 0.107. The van der Waals surface area contributed by atoms with Crippen molar-refractivity contribution < 1.29 is 35.4 Å². The molecule has 0 aromatic rings. The number of rotatable bonds is 1. The Labute approximate surface area is 77.6 Å². The molecule has 0 saturated carbocycles. The Balaban J connectivity index is -0.000000405. The molecule has 12 heavy (non-hydrogen) atoms. The standard InChI is InChI=1S/C3F7.FH.Mg/c4-1(5)2(6,7)3(8,9)10;;/h;1H;/q-1;;+2/p-1. The first-order valence-corrected chi connectivity index (χ1v) is 1.82. The Morgan fingerprint density at radius 2 is 1.08 bits per heavy atom. The molecule has 0 aromatic heterocycles. The van der Waals surface area contributed by atoms with Crippen molar-refractivity contribution >= 4 is 23.1 Å². The number of alkyl halides is 5. The molecule has 0 radical (unpaired) electrons. The summed E-state index contributed by atoms with van der Waals surface area (Å²) in [6.07, 6.45) is -10.1. The van der Waals surface area contributed by atoms with Crippen LogP contribution in [0.1, 0.15) is 0 Å². The molecule has 0 heterocycles. The number of halogens is 8. The summed E-state index contributed by atoms with van der Waals surface area (Å²) in [7, 11) is 0. The molecule has 0 unspecified atom stereocenters. The van der Waals surface area contributed by atoms with Gasteiger partial charge < -0.3 is 13.5 Å². The van der Waals surface area contributed by atoms with Gasteiger partial charge in [-0.1, -0.05) is 0 Å². The van der Waals surface area contributed by atoms with E-state index in [1.54, 1.807) is 0 Å². The van der Waals surface area contributed by atoms with Gasteiger partial charge in [-0.15, -0.1) is 0 Å². The van der Waals surface area contributed by atoms with Crippen LogP contribution in [0, 0.1) is 6.43 Å². The van der Waals surface area contributed by atoms with Crippen LogP contribution in [0.25, 0.3) is 0 Å². The van der Waals surface area contributed by atoms with Crippen molar-refractivity contribution in [2.24, 2.45) is 0 Å². The molecule has 0 bridgehead atoms. The van der Waals surface area contributed by atoms with Crippen LogP contribution in [0.3, 0.4) is 0 Å². The van der Waals surface area contributed by atoms with Gasteiger partial charge in [0, 0.05) is 0 Å². The second kappa shape index (κ2) is 5.05. The summed E-state index contributed by atoms with van der Waals surface area (Å²) in [6, 6.07) is 0. The Kier molecular flexibility index (Phi) is 7.61. The zero-order chi connectivity index (χ0) is 8.58. The summed E-state index contributed by atoms with van der Waals surface area (Å²) < 4.78 is 76.3. The first-order valence-electron chi connectivity index (χ1n) is 1.82. The van der Waals surface area contributed by atoms with Crippen LogP contribution in [-0.2, 0) is 0 Å². The Morgan fingerprint density at radius 3 is 1.08 bits per heavy atom. The van der Waals surface area contributed by atoms with E-state index in [2.05, 4.69) is 0 Å². The van der Waals surface area contributed by atoms with Crippen LogP contribution in [0.5, 0.6) is 0 Å². The van der Waals surface area contributed by atoms with Gasteiger partial charge in [-0.3, -0.25) is 0 Å². The topological polar surface area (TPSA) is 0 Å². The summed E-state index contributed by atoms with van der Waals surface area (Å²) >= 11 is 0. The molecule has 70 valence electrons. The molecule has 0 spiro atoms. The average Bonchev–Trinajstić information content (AvgIpc) is 1.62. The zero-order valence-electron chi connectivity index (χ0n) is 5.23. The minimum atomic E-state index is -6.20. The summed E-state index contributed by atoms with van der Waals surface area (Å²) in [4.78, 5) is 0. The van der Waals surface area contributed by atoms with E-state index in [0.717, 1.165) is 0 Å². The predicted octanol–water partition coefficient (Wildman–Crippen LogP) is -0.764. The molecule has 0 fully saturated rings. The van der Waals surface area contributed by atoms with E-state index >= 15 is 0 Å². The van der Waals surface area contributed by atoms with E-state index in [1.165, 1.54) is 0 Å². The molecular weight excluding hydrogens is 212 g/mol. The summed E-state index contributed by atoms with van der Waals surface area (Å²) in [5, 5.41) is 0. The minimum absolute atomic E-state index is 0.